The van der Waals surface area contributed by atoms with E-state index >= 15 is 0 Å². The summed E-state index contributed by atoms with van der Waals surface area (Å²) in [5, 5.41) is 17.7. The summed E-state index contributed by atoms with van der Waals surface area (Å²) in [5.74, 6) is 1.34. The van der Waals surface area contributed by atoms with Crippen molar-refractivity contribution in [3.8, 4) is 0 Å². The molecule has 104 valence electrons. The number of β-amino-alcohol motifs (C(OH)–C–C–N with tert-alkyl or cyclic N) is 1. The first kappa shape index (κ1) is 12.1. The first-order valence-electron chi connectivity index (χ1n) is 7.08. The van der Waals surface area contributed by atoms with E-state index in [4.69, 9.17) is 4.52 Å². The fourth-order valence-corrected chi connectivity index (χ4v) is 3.19. The van der Waals surface area contributed by atoms with Gasteiger partial charge < -0.3 is 14.9 Å². The maximum atomic E-state index is 10.4. The van der Waals surface area contributed by atoms with Crippen molar-refractivity contribution in [2.24, 2.45) is 0 Å². The summed E-state index contributed by atoms with van der Waals surface area (Å²) >= 11 is 0. The molecule has 1 aromatic carbocycles. The number of nitrogens with zero attached hydrogens (tertiary/aromatic N) is 2. The Morgan fingerprint density at radius 3 is 2.65 bits per heavy atom. The van der Waals surface area contributed by atoms with E-state index in [1.54, 1.807) is 0 Å². The molecular weight excluding hydrogens is 254 g/mol. The number of nitrogens with one attached hydrogen (secondary N) is 1. The van der Waals surface area contributed by atoms with Gasteiger partial charge in [0.2, 0.25) is 0 Å². The lowest BCUT2D eigenvalue weighted by Gasteiger charge is -2.14. The molecule has 1 aromatic heterocycles. The predicted molar refractivity (Wildman–Crippen MR) is 72.3 cm³/mol. The average molecular weight is 271 g/mol. The Morgan fingerprint density at radius 1 is 1.25 bits per heavy atom. The van der Waals surface area contributed by atoms with Crippen LogP contribution in [0.15, 0.2) is 28.8 Å². The highest BCUT2D eigenvalue weighted by Crippen LogP contribution is 2.34. The van der Waals surface area contributed by atoms with Crippen LogP contribution in [0.2, 0.25) is 0 Å². The van der Waals surface area contributed by atoms with Gasteiger partial charge in [-0.2, -0.15) is 4.98 Å². The second kappa shape index (κ2) is 4.40. The lowest BCUT2D eigenvalue weighted by molar-refractivity contribution is 0.0243. The molecule has 0 amide bonds. The van der Waals surface area contributed by atoms with Crippen LogP contribution >= 0.6 is 0 Å². The fourth-order valence-electron chi connectivity index (χ4n) is 3.19. The molecule has 1 atom stereocenters. The normalized spacial score (nSPS) is 26.1. The third-order valence-electron chi connectivity index (χ3n) is 4.39. The van der Waals surface area contributed by atoms with Crippen molar-refractivity contribution in [1.82, 2.24) is 15.5 Å². The van der Waals surface area contributed by atoms with Gasteiger partial charge in [0.1, 0.15) is 0 Å². The highest BCUT2D eigenvalue weighted by molar-refractivity contribution is 5.34. The molecular formula is C15H17N3O2. The zero-order chi connectivity index (χ0) is 13.6. The molecule has 2 N–H and O–H groups in total. The van der Waals surface area contributed by atoms with Gasteiger partial charge >= 0.3 is 0 Å². The maximum Gasteiger partial charge on any atom is 0.259 e. The number of hydrogen-bond acceptors (Lipinski definition) is 5. The third kappa shape index (κ3) is 1.85. The second-order valence-electron chi connectivity index (χ2n) is 5.79. The highest BCUT2D eigenvalue weighted by atomic mass is 16.5. The molecule has 1 aliphatic carbocycles. The molecule has 1 aliphatic heterocycles. The zero-order valence-electron chi connectivity index (χ0n) is 11.2. The van der Waals surface area contributed by atoms with Crippen molar-refractivity contribution < 1.29 is 9.63 Å². The first-order valence-corrected chi connectivity index (χ1v) is 7.08. The average Bonchev–Trinajstić information content (AvgIpc) is 3.17. The SMILES string of the molecule is OC1(c2nc(C3Cc4ccccc4C3)no2)CCNC1. The molecule has 0 saturated carbocycles. The van der Waals surface area contributed by atoms with Crippen molar-refractivity contribution in [3.63, 3.8) is 0 Å². The van der Waals surface area contributed by atoms with Crippen LogP contribution in [0, 0.1) is 0 Å². The molecule has 2 aliphatic rings. The smallest absolute Gasteiger partial charge is 0.259 e. The van der Waals surface area contributed by atoms with Crippen LogP contribution in [0.1, 0.15) is 35.2 Å². The van der Waals surface area contributed by atoms with Crippen LogP contribution in [-0.2, 0) is 18.4 Å². The van der Waals surface area contributed by atoms with Crippen LogP contribution in [0.25, 0.3) is 0 Å². The van der Waals surface area contributed by atoms with E-state index in [9.17, 15) is 5.11 Å². The lowest BCUT2D eigenvalue weighted by Crippen LogP contribution is -2.28. The summed E-state index contributed by atoms with van der Waals surface area (Å²) in [6.45, 7) is 1.27. The summed E-state index contributed by atoms with van der Waals surface area (Å²) in [6, 6.07) is 8.45. The first-order chi connectivity index (χ1) is 9.74. The van der Waals surface area contributed by atoms with Crippen LogP contribution in [-0.4, -0.2) is 28.3 Å². The summed E-state index contributed by atoms with van der Waals surface area (Å²) in [5.41, 5.74) is 1.74. The van der Waals surface area contributed by atoms with Crippen molar-refractivity contribution in [1.29, 1.82) is 0 Å². The molecule has 0 spiro atoms. The highest BCUT2D eigenvalue weighted by Gasteiger charge is 2.39. The minimum Gasteiger partial charge on any atom is -0.379 e. The summed E-state index contributed by atoms with van der Waals surface area (Å²) in [6.07, 6.45) is 2.52. The largest absolute Gasteiger partial charge is 0.379 e. The summed E-state index contributed by atoms with van der Waals surface area (Å²) < 4.78 is 5.31. The Labute approximate surface area is 117 Å². The number of aliphatic hydroxyl groups is 1. The van der Waals surface area contributed by atoms with E-state index in [-0.39, 0.29) is 5.92 Å². The van der Waals surface area contributed by atoms with Crippen molar-refractivity contribution >= 4 is 0 Å². The number of hydrogen-bond donors (Lipinski definition) is 2. The van der Waals surface area contributed by atoms with Crippen LogP contribution in [0.5, 0.6) is 0 Å². The second-order valence-corrected chi connectivity index (χ2v) is 5.79. The van der Waals surface area contributed by atoms with Gasteiger partial charge in [-0.3, -0.25) is 0 Å². The fraction of sp³-hybridized carbons (Fsp3) is 0.467. The molecule has 0 radical (unpaired) electrons. The molecule has 2 aromatic rings. The van der Waals surface area contributed by atoms with Crippen molar-refractivity contribution in [2.75, 3.05) is 13.1 Å². The van der Waals surface area contributed by atoms with Gasteiger partial charge in [-0.15, -0.1) is 0 Å². The Kier molecular flexibility index (Phi) is 2.65. The van der Waals surface area contributed by atoms with Gasteiger partial charge in [0, 0.05) is 12.5 Å². The number of aromatic nitrogens is 2. The predicted octanol–water partition coefficient (Wildman–Crippen LogP) is 1.13. The lowest BCUT2D eigenvalue weighted by atomic mass is 10.0. The standard InChI is InChI=1S/C15H17N3O2/c19-15(5-6-16-9-15)14-17-13(18-20-14)12-7-10-3-1-2-4-11(10)8-12/h1-4,12,16,19H,5-9H2. The van der Waals surface area contributed by atoms with E-state index in [0.29, 0.717) is 18.9 Å². The summed E-state index contributed by atoms with van der Waals surface area (Å²) in [7, 11) is 0. The Bertz CT molecular complexity index is 607. The molecule has 1 fully saturated rings. The van der Waals surface area contributed by atoms with Gasteiger partial charge in [0.15, 0.2) is 11.4 Å². The van der Waals surface area contributed by atoms with Crippen molar-refractivity contribution in [2.45, 2.75) is 30.8 Å². The van der Waals surface area contributed by atoms with Gasteiger partial charge in [0.25, 0.3) is 5.89 Å². The molecule has 1 saturated heterocycles. The topological polar surface area (TPSA) is 71.2 Å². The van der Waals surface area contributed by atoms with Gasteiger partial charge in [0.05, 0.1) is 0 Å². The van der Waals surface area contributed by atoms with Gasteiger partial charge in [-0.05, 0) is 36.9 Å². The Morgan fingerprint density at radius 2 is 2.00 bits per heavy atom. The third-order valence-corrected chi connectivity index (χ3v) is 4.39. The van der Waals surface area contributed by atoms with Crippen molar-refractivity contribution in [3.05, 3.63) is 47.1 Å². The van der Waals surface area contributed by atoms with E-state index in [1.807, 2.05) is 0 Å². The number of benzene rings is 1. The summed E-state index contributed by atoms with van der Waals surface area (Å²) in [4.78, 5) is 4.46. The van der Waals surface area contributed by atoms with Crippen LogP contribution in [0.4, 0.5) is 0 Å². The van der Waals surface area contributed by atoms with E-state index < -0.39 is 5.60 Å². The Balaban J connectivity index is 1.58. The zero-order valence-corrected chi connectivity index (χ0v) is 11.2. The van der Waals surface area contributed by atoms with Crippen LogP contribution in [0.3, 0.4) is 0 Å². The molecule has 2 heterocycles. The molecule has 4 rings (SSSR count). The Hall–Kier alpha value is -1.72. The molecule has 5 heteroatoms. The minimum absolute atomic E-state index is 0.267. The molecule has 20 heavy (non-hydrogen) atoms. The molecule has 1 unspecified atom stereocenters. The number of rotatable bonds is 2. The number of fused-ring (bicyclic) bond motifs is 1. The maximum absolute atomic E-state index is 10.4. The minimum atomic E-state index is -0.989. The van der Waals surface area contributed by atoms with Gasteiger partial charge in [-0.1, -0.05) is 29.4 Å². The van der Waals surface area contributed by atoms with E-state index in [2.05, 4.69) is 39.7 Å². The van der Waals surface area contributed by atoms with Crippen LogP contribution < -0.4 is 5.32 Å². The molecule has 5 nitrogen and oxygen atoms in total. The van der Waals surface area contributed by atoms with E-state index in [1.165, 1.54) is 11.1 Å². The van der Waals surface area contributed by atoms with Gasteiger partial charge in [-0.25, -0.2) is 0 Å². The monoisotopic (exact) mass is 271 g/mol. The van der Waals surface area contributed by atoms with E-state index in [0.717, 1.165) is 25.2 Å². The molecule has 0 bridgehead atoms. The quantitative estimate of drug-likeness (QED) is 0.857.